The lowest BCUT2D eigenvalue weighted by Crippen LogP contribution is -2.44. The van der Waals surface area contributed by atoms with E-state index in [1.54, 1.807) is 24.3 Å². The second kappa shape index (κ2) is 10.5. The van der Waals surface area contributed by atoms with Crippen molar-refractivity contribution >= 4 is 40.1 Å². The summed E-state index contributed by atoms with van der Waals surface area (Å²) < 4.78 is 45.6. The highest BCUT2D eigenvalue weighted by Gasteiger charge is 2.40. The molecule has 0 atom stereocenters. The van der Waals surface area contributed by atoms with Gasteiger partial charge in [-0.3, -0.25) is 14.3 Å². The molecule has 34 heavy (non-hydrogen) atoms. The first-order valence-corrected chi connectivity index (χ1v) is 11.5. The first kappa shape index (κ1) is 24.7. The molecule has 11 heteroatoms. The molecule has 1 heterocycles. The van der Waals surface area contributed by atoms with Crippen molar-refractivity contribution in [1.29, 1.82) is 0 Å². The van der Waals surface area contributed by atoms with Crippen molar-refractivity contribution in [3.8, 4) is 0 Å². The number of amides is 2. The van der Waals surface area contributed by atoms with Gasteiger partial charge in [-0.1, -0.05) is 11.6 Å². The molecule has 2 aliphatic rings. The normalized spacial score (nSPS) is 24.9. The molecule has 2 aliphatic carbocycles. The van der Waals surface area contributed by atoms with Crippen LogP contribution in [0.1, 0.15) is 38.5 Å². The molecule has 1 aromatic heterocycles. The summed E-state index contributed by atoms with van der Waals surface area (Å²) in [6.45, 7) is -0.206. The number of fused-ring (bicyclic) bond motifs is 1. The monoisotopic (exact) mass is 499 g/mol. The first-order chi connectivity index (χ1) is 16.1. The van der Waals surface area contributed by atoms with Crippen molar-refractivity contribution in [1.82, 2.24) is 10.3 Å². The fourth-order valence-electron chi connectivity index (χ4n) is 4.30. The standard InChI is InChI=1S/C23H25ClF3N3O4/c24-15-4-7-19-14(9-15)3-8-20(29-19)30-22(32)13-1-5-16(6-2-13)28-21(31)12-33-17-10-18(11-17)34-23(25,26)27/h3-4,7-9,13,16-18H,1-2,5-6,10-12H2,(H,28,31)(H,29,30,32)/t13-,16-,17-,18+. The summed E-state index contributed by atoms with van der Waals surface area (Å²) in [5.41, 5.74) is 0.737. The van der Waals surface area contributed by atoms with E-state index in [2.05, 4.69) is 20.4 Å². The third kappa shape index (κ3) is 6.80. The number of carbonyl (C=O) groups excluding carboxylic acids is 2. The summed E-state index contributed by atoms with van der Waals surface area (Å²) in [4.78, 5) is 29.2. The Labute approximate surface area is 199 Å². The Morgan fingerprint density at radius 2 is 1.79 bits per heavy atom. The molecule has 0 spiro atoms. The number of nitrogens with zero attached hydrogens (tertiary/aromatic N) is 1. The molecule has 7 nitrogen and oxygen atoms in total. The summed E-state index contributed by atoms with van der Waals surface area (Å²) in [7, 11) is 0. The second-order valence-electron chi connectivity index (χ2n) is 8.73. The Morgan fingerprint density at radius 1 is 1.06 bits per heavy atom. The molecule has 0 unspecified atom stereocenters. The van der Waals surface area contributed by atoms with Gasteiger partial charge in [0.2, 0.25) is 11.8 Å². The van der Waals surface area contributed by atoms with E-state index in [1.807, 2.05) is 6.07 Å². The minimum Gasteiger partial charge on any atom is -0.368 e. The van der Waals surface area contributed by atoms with Crippen LogP contribution in [-0.4, -0.2) is 48.0 Å². The second-order valence-corrected chi connectivity index (χ2v) is 9.17. The van der Waals surface area contributed by atoms with Gasteiger partial charge in [0.05, 0.1) is 17.7 Å². The van der Waals surface area contributed by atoms with Crippen molar-refractivity contribution in [2.45, 2.75) is 63.1 Å². The number of hydrogen-bond acceptors (Lipinski definition) is 5. The smallest absolute Gasteiger partial charge is 0.368 e. The Bertz CT molecular complexity index is 1040. The fourth-order valence-corrected chi connectivity index (χ4v) is 4.48. The summed E-state index contributed by atoms with van der Waals surface area (Å²) in [6, 6.07) is 8.87. The number of ether oxygens (including phenoxy) is 2. The van der Waals surface area contributed by atoms with Gasteiger partial charge < -0.3 is 15.4 Å². The van der Waals surface area contributed by atoms with Crippen LogP contribution >= 0.6 is 11.6 Å². The number of alkyl halides is 3. The minimum atomic E-state index is -4.65. The molecule has 2 saturated carbocycles. The zero-order chi connectivity index (χ0) is 24.3. The molecule has 0 aliphatic heterocycles. The van der Waals surface area contributed by atoms with Crippen LogP contribution in [0.4, 0.5) is 19.0 Å². The average molecular weight is 500 g/mol. The zero-order valence-corrected chi connectivity index (χ0v) is 19.0. The number of rotatable bonds is 7. The molecular formula is C23H25ClF3N3O4. The molecule has 4 rings (SSSR count). The molecule has 184 valence electrons. The van der Waals surface area contributed by atoms with E-state index in [4.69, 9.17) is 16.3 Å². The zero-order valence-electron chi connectivity index (χ0n) is 18.2. The predicted octanol–water partition coefficient (Wildman–Crippen LogP) is 4.59. The largest absolute Gasteiger partial charge is 0.522 e. The van der Waals surface area contributed by atoms with E-state index < -0.39 is 18.6 Å². The number of nitrogens with one attached hydrogen (secondary N) is 2. The molecule has 1 aromatic carbocycles. The molecule has 2 aromatic rings. The molecule has 0 radical (unpaired) electrons. The lowest BCUT2D eigenvalue weighted by molar-refractivity contribution is -0.357. The van der Waals surface area contributed by atoms with Crippen molar-refractivity contribution in [2.24, 2.45) is 5.92 Å². The number of carbonyl (C=O) groups is 2. The Morgan fingerprint density at radius 3 is 2.50 bits per heavy atom. The quantitative estimate of drug-likeness (QED) is 0.582. The van der Waals surface area contributed by atoms with Gasteiger partial charge in [-0.15, -0.1) is 13.2 Å². The third-order valence-corrected chi connectivity index (χ3v) is 6.40. The maximum Gasteiger partial charge on any atom is 0.522 e. The summed E-state index contributed by atoms with van der Waals surface area (Å²) in [5, 5.41) is 7.25. The van der Waals surface area contributed by atoms with Crippen LogP contribution in [0.5, 0.6) is 0 Å². The van der Waals surface area contributed by atoms with Crippen molar-refractivity contribution in [3.05, 3.63) is 35.4 Å². The number of halogens is 4. The lowest BCUT2D eigenvalue weighted by atomic mass is 9.85. The van der Waals surface area contributed by atoms with E-state index in [0.717, 1.165) is 10.9 Å². The van der Waals surface area contributed by atoms with Gasteiger partial charge in [0, 0.05) is 35.2 Å². The van der Waals surface area contributed by atoms with Gasteiger partial charge in [-0.25, -0.2) is 4.98 Å². The first-order valence-electron chi connectivity index (χ1n) is 11.2. The van der Waals surface area contributed by atoms with Gasteiger partial charge in [-0.05, 0) is 56.0 Å². The van der Waals surface area contributed by atoms with Crippen LogP contribution < -0.4 is 10.6 Å². The fraction of sp³-hybridized carbons (Fsp3) is 0.522. The summed E-state index contributed by atoms with van der Waals surface area (Å²) in [5.74, 6) is -0.109. The summed E-state index contributed by atoms with van der Waals surface area (Å²) >= 11 is 5.98. The molecule has 2 amide bonds. The third-order valence-electron chi connectivity index (χ3n) is 6.17. The molecule has 0 saturated heterocycles. The Hall–Kier alpha value is -2.43. The number of benzene rings is 1. The van der Waals surface area contributed by atoms with Gasteiger partial charge in [-0.2, -0.15) is 0 Å². The molecule has 0 bridgehead atoms. The Kier molecular flexibility index (Phi) is 7.59. The highest BCUT2D eigenvalue weighted by atomic mass is 35.5. The Balaban J connectivity index is 1.15. The topological polar surface area (TPSA) is 89.5 Å². The van der Waals surface area contributed by atoms with Gasteiger partial charge in [0.25, 0.3) is 0 Å². The average Bonchev–Trinajstić information content (AvgIpc) is 2.75. The van der Waals surface area contributed by atoms with E-state index >= 15 is 0 Å². The molecular weight excluding hydrogens is 475 g/mol. The highest BCUT2D eigenvalue weighted by Crippen LogP contribution is 2.32. The van der Waals surface area contributed by atoms with Gasteiger partial charge in [0.15, 0.2) is 0 Å². The van der Waals surface area contributed by atoms with E-state index in [-0.39, 0.29) is 43.2 Å². The molecule has 2 N–H and O–H groups in total. The highest BCUT2D eigenvalue weighted by molar-refractivity contribution is 6.31. The van der Waals surface area contributed by atoms with E-state index in [9.17, 15) is 22.8 Å². The van der Waals surface area contributed by atoms with Crippen LogP contribution in [0.25, 0.3) is 10.9 Å². The SMILES string of the molecule is O=C(CO[C@H]1C[C@@H](OC(F)(F)F)C1)N[C@H]1CC[C@H](C(=O)Nc2ccc3cc(Cl)ccc3n2)CC1. The van der Waals surface area contributed by atoms with Gasteiger partial charge >= 0.3 is 6.36 Å². The summed E-state index contributed by atoms with van der Waals surface area (Å²) in [6.07, 6.45) is -3.17. The van der Waals surface area contributed by atoms with Crippen LogP contribution in [0.15, 0.2) is 30.3 Å². The molecule has 2 fully saturated rings. The van der Waals surface area contributed by atoms with E-state index in [1.165, 1.54) is 0 Å². The van der Waals surface area contributed by atoms with Crippen molar-refractivity contribution < 1.29 is 32.2 Å². The minimum absolute atomic E-state index is 0.0635. The van der Waals surface area contributed by atoms with Crippen molar-refractivity contribution in [2.75, 3.05) is 11.9 Å². The maximum absolute atomic E-state index is 12.7. The van der Waals surface area contributed by atoms with Crippen LogP contribution in [0.2, 0.25) is 5.02 Å². The number of pyridine rings is 1. The number of aromatic nitrogens is 1. The van der Waals surface area contributed by atoms with Gasteiger partial charge in [0.1, 0.15) is 12.4 Å². The lowest BCUT2D eigenvalue weighted by Gasteiger charge is -2.35. The van der Waals surface area contributed by atoms with E-state index in [0.29, 0.717) is 36.5 Å². The van der Waals surface area contributed by atoms with Crippen LogP contribution in [0.3, 0.4) is 0 Å². The predicted molar refractivity (Wildman–Crippen MR) is 119 cm³/mol. The maximum atomic E-state index is 12.7. The number of hydrogen-bond donors (Lipinski definition) is 2. The van der Waals surface area contributed by atoms with Crippen LogP contribution in [0, 0.1) is 5.92 Å². The van der Waals surface area contributed by atoms with Crippen molar-refractivity contribution in [3.63, 3.8) is 0 Å². The van der Waals surface area contributed by atoms with Crippen LogP contribution in [-0.2, 0) is 19.1 Å². The number of anilines is 1.